The molecular weight excluding hydrogens is 164 g/mol. The largest absolute Gasteiger partial charge is 0.396 e. The average Bonchev–Trinajstić information content (AvgIpc) is 2.56. The summed E-state index contributed by atoms with van der Waals surface area (Å²) in [4.78, 5) is 6.96. The molecule has 1 aromatic heterocycles. The fourth-order valence-corrected chi connectivity index (χ4v) is 1.30. The van der Waals surface area contributed by atoms with Gasteiger partial charge < -0.3 is 10.1 Å². The first-order chi connectivity index (χ1) is 4.92. The molecule has 0 spiro atoms. The van der Waals surface area contributed by atoms with E-state index in [4.69, 9.17) is 5.11 Å². The van der Waals surface area contributed by atoms with Crippen LogP contribution < -0.4 is 0 Å². The average molecular weight is 175 g/mol. The zero-order valence-electron chi connectivity index (χ0n) is 6.03. The van der Waals surface area contributed by atoms with Crippen LogP contribution >= 0.6 is 12.4 Å². The molecule has 1 aliphatic carbocycles. The third kappa shape index (κ3) is 1.54. The predicted octanol–water partition coefficient (Wildman–Crippen LogP) is 0.927. The maximum atomic E-state index is 8.74. The van der Waals surface area contributed by atoms with Crippen molar-refractivity contribution in [2.24, 2.45) is 5.92 Å². The number of imidazole rings is 1. The number of aliphatic hydroxyl groups excluding tert-OH is 1. The molecular formula is C7H11ClN2O. The van der Waals surface area contributed by atoms with Gasteiger partial charge in [-0.3, -0.25) is 0 Å². The van der Waals surface area contributed by atoms with Crippen LogP contribution in [0.1, 0.15) is 18.0 Å². The molecule has 3 nitrogen and oxygen atoms in total. The number of aromatic amines is 1. The monoisotopic (exact) mass is 174 g/mol. The topological polar surface area (TPSA) is 48.9 Å². The van der Waals surface area contributed by atoms with Crippen LogP contribution in [0.25, 0.3) is 0 Å². The highest BCUT2D eigenvalue weighted by atomic mass is 35.5. The predicted molar refractivity (Wildman–Crippen MR) is 43.8 cm³/mol. The fourth-order valence-electron chi connectivity index (χ4n) is 1.30. The Labute approximate surface area is 71.3 Å². The van der Waals surface area contributed by atoms with E-state index in [9.17, 15) is 0 Å². The lowest BCUT2D eigenvalue weighted by molar-refractivity contribution is 0.273. The molecule has 1 saturated carbocycles. The first-order valence-electron chi connectivity index (χ1n) is 3.51. The second-order valence-electron chi connectivity index (χ2n) is 2.79. The lowest BCUT2D eigenvalue weighted by atomic mass is 10.2. The Morgan fingerprint density at radius 3 is 3.00 bits per heavy atom. The van der Waals surface area contributed by atoms with Crippen molar-refractivity contribution in [3.8, 4) is 0 Å². The molecule has 2 atom stereocenters. The molecule has 1 heterocycles. The second-order valence-corrected chi connectivity index (χ2v) is 2.79. The molecule has 0 saturated heterocycles. The van der Waals surface area contributed by atoms with Crippen LogP contribution in [0.3, 0.4) is 0 Å². The lowest BCUT2D eigenvalue weighted by Crippen LogP contribution is -1.87. The van der Waals surface area contributed by atoms with Crippen molar-refractivity contribution in [3.05, 3.63) is 18.2 Å². The van der Waals surface area contributed by atoms with Crippen molar-refractivity contribution in [3.63, 3.8) is 0 Å². The molecule has 11 heavy (non-hydrogen) atoms. The quantitative estimate of drug-likeness (QED) is 0.701. The molecule has 0 aliphatic heterocycles. The van der Waals surface area contributed by atoms with E-state index in [1.807, 2.05) is 6.20 Å². The number of nitrogens with one attached hydrogen (secondary N) is 1. The third-order valence-corrected chi connectivity index (χ3v) is 2.08. The Hall–Kier alpha value is -0.540. The van der Waals surface area contributed by atoms with Crippen LogP contribution in [-0.4, -0.2) is 21.7 Å². The number of halogens is 1. The van der Waals surface area contributed by atoms with Gasteiger partial charge in [-0.25, -0.2) is 4.98 Å². The molecule has 1 aliphatic rings. The van der Waals surface area contributed by atoms with Gasteiger partial charge in [-0.1, -0.05) is 0 Å². The molecule has 4 heteroatoms. The maximum Gasteiger partial charge on any atom is 0.0921 e. The minimum absolute atomic E-state index is 0. The van der Waals surface area contributed by atoms with Crippen molar-refractivity contribution in [1.82, 2.24) is 9.97 Å². The van der Waals surface area contributed by atoms with E-state index in [-0.39, 0.29) is 12.4 Å². The zero-order valence-corrected chi connectivity index (χ0v) is 6.84. The van der Waals surface area contributed by atoms with Crippen molar-refractivity contribution < 1.29 is 5.11 Å². The molecule has 62 valence electrons. The van der Waals surface area contributed by atoms with Gasteiger partial charge in [0, 0.05) is 24.4 Å². The molecule has 0 radical (unpaired) electrons. The SMILES string of the molecule is Cl.OCC1CC1c1cnc[nH]1. The number of rotatable bonds is 2. The van der Waals surface area contributed by atoms with Crippen LogP contribution in [0.2, 0.25) is 0 Å². The molecule has 1 fully saturated rings. The third-order valence-electron chi connectivity index (χ3n) is 2.08. The molecule has 0 aromatic carbocycles. The summed E-state index contributed by atoms with van der Waals surface area (Å²) in [6.45, 7) is 0.309. The van der Waals surface area contributed by atoms with Gasteiger partial charge >= 0.3 is 0 Å². The highest BCUT2D eigenvalue weighted by molar-refractivity contribution is 5.85. The van der Waals surface area contributed by atoms with Crippen LogP contribution in [0.5, 0.6) is 0 Å². The summed E-state index contributed by atoms with van der Waals surface area (Å²) in [7, 11) is 0. The number of aromatic nitrogens is 2. The van der Waals surface area contributed by atoms with Crippen LogP contribution in [-0.2, 0) is 0 Å². The fraction of sp³-hybridized carbons (Fsp3) is 0.571. The standard InChI is InChI=1S/C7H10N2O.ClH/c10-3-5-1-6(5)7-2-8-4-9-7;/h2,4-6,10H,1,3H2,(H,8,9);1H. The van der Waals surface area contributed by atoms with Crippen molar-refractivity contribution in [2.75, 3.05) is 6.61 Å². The van der Waals surface area contributed by atoms with E-state index in [0.29, 0.717) is 18.4 Å². The van der Waals surface area contributed by atoms with Gasteiger partial charge in [0.2, 0.25) is 0 Å². The minimum atomic E-state index is 0. The number of nitrogens with zero attached hydrogens (tertiary/aromatic N) is 1. The van der Waals surface area contributed by atoms with Gasteiger partial charge in [0.05, 0.1) is 6.33 Å². The molecule has 1 aromatic rings. The lowest BCUT2D eigenvalue weighted by Gasteiger charge is -1.89. The van der Waals surface area contributed by atoms with Crippen molar-refractivity contribution in [2.45, 2.75) is 12.3 Å². The van der Waals surface area contributed by atoms with Gasteiger partial charge in [0.1, 0.15) is 0 Å². The van der Waals surface area contributed by atoms with E-state index in [1.54, 1.807) is 6.33 Å². The molecule has 0 bridgehead atoms. The maximum absolute atomic E-state index is 8.74. The van der Waals surface area contributed by atoms with Gasteiger partial charge in [0.25, 0.3) is 0 Å². The van der Waals surface area contributed by atoms with E-state index in [2.05, 4.69) is 9.97 Å². The summed E-state index contributed by atoms with van der Waals surface area (Å²) >= 11 is 0. The summed E-state index contributed by atoms with van der Waals surface area (Å²) < 4.78 is 0. The Kier molecular flexibility index (Phi) is 2.52. The van der Waals surface area contributed by atoms with Crippen LogP contribution in [0.4, 0.5) is 0 Å². The van der Waals surface area contributed by atoms with Crippen molar-refractivity contribution in [1.29, 1.82) is 0 Å². The van der Waals surface area contributed by atoms with Crippen molar-refractivity contribution >= 4 is 12.4 Å². The van der Waals surface area contributed by atoms with E-state index in [0.717, 1.165) is 6.42 Å². The molecule has 2 rings (SSSR count). The van der Waals surface area contributed by atoms with Gasteiger partial charge in [-0.15, -0.1) is 12.4 Å². The normalized spacial score (nSPS) is 27.7. The minimum Gasteiger partial charge on any atom is -0.396 e. The summed E-state index contributed by atoms with van der Waals surface area (Å²) in [6.07, 6.45) is 4.63. The summed E-state index contributed by atoms with van der Waals surface area (Å²) in [5, 5.41) is 8.74. The zero-order chi connectivity index (χ0) is 6.97. The van der Waals surface area contributed by atoms with E-state index < -0.39 is 0 Å². The molecule has 2 unspecified atom stereocenters. The van der Waals surface area contributed by atoms with Crippen LogP contribution in [0, 0.1) is 5.92 Å². The first kappa shape index (κ1) is 8.56. The van der Waals surface area contributed by atoms with E-state index >= 15 is 0 Å². The Morgan fingerprint density at radius 1 is 1.73 bits per heavy atom. The molecule has 0 amide bonds. The second kappa shape index (κ2) is 3.24. The number of H-pyrrole nitrogens is 1. The Balaban J connectivity index is 0.000000605. The van der Waals surface area contributed by atoms with Gasteiger partial charge in [-0.05, 0) is 12.3 Å². The number of aliphatic hydroxyl groups is 1. The Bertz CT molecular complexity index is 212. The smallest absolute Gasteiger partial charge is 0.0921 e. The van der Waals surface area contributed by atoms with Gasteiger partial charge in [-0.2, -0.15) is 0 Å². The Morgan fingerprint density at radius 2 is 2.55 bits per heavy atom. The number of hydrogen-bond acceptors (Lipinski definition) is 2. The highest BCUT2D eigenvalue weighted by Crippen LogP contribution is 2.45. The summed E-state index contributed by atoms with van der Waals surface area (Å²) in [5.74, 6) is 1.04. The first-order valence-corrected chi connectivity index (χ1v) is 3.51. The highest BCUT2D eigenvalue weighted by Gasteiger charge is 2.38. The van der Waals surface area contributed by atoms with E-state index in [1.165, 1.54) is 5.69 Å². The molecule has 2 N–H and O–H groups in total. The van der Waals surface area contributed by atoms with Gasteiger partial charge in [0.15, 0.2) is 0 Å². The van der Waals surface area contributed by atoms with Crippen LogP contribution in [0.15, 0.2) is 12.5 Å². The summed E-state index contributed by atoms with van der Waals surface area (Å²) in [5.41, 5.74) is 1.17. The summed E-state index contributed by atoms with van der Waals surface area (Å²) in [6, 6.07) is 0. The number of hydrogen-bond donors (Lipinski definition) is 2.